The lowest BCUT2D eigenvalue weighted by atomic mass is 10.2. The Balaban J connectivity index is 2.27. The highest BCUT2D eigenvalue weighted by molar-refractivity contribution is 5.90. The fraction of sp³-hybridized carbons (Fsp3) is 0.176. The second-order valence-corrected chi connectivity index (χ2v) is 4.52. The number of methoxy groups -OCH3 is 2. The third-order valence-electron chi connectivity index (χ3n) is 2.90. The third kappa shape index (κ3) is 4.55. The van der Waals surface area contributed by atoms with Crippen LogP contribution >= 0.6 is 0 Å². The quantitative estimate of drug-likeness (QED) is 0.444. The number of esters is 1. The Labute approximate surface area is 133 Å². The van der Waals surface area contributed by atoms with Crippen LogP contribution in [0.15, 0.2) is 42.5 Å². The molecule has 23 heavy (non-hydrogen) atoms. The number of carbonyl (C=O) groups is 2. The van der Waals surface area contributed by atoms with Crippen molar-refractivity contribution in [1.82, 2.24) is 0 Å². The number of aldehydes is 1. The maximum atomic E-state index is 11.7. The maximum Gasteiger partial charge on any atom is 0.338 e. The Bertz CT molecular complexity index is 678. The normalized spacial score (nSPS) is 10.0. The zero-order chi connectivity index (χ0) is 16.7. The third-order valence-corrected chi connectivity index (χ3v) is 2.90. The summed E-state index contributed by atoms with van der Waals surface area (Å²) in [5, 5.41) is 0. The highest BCUT2D eigenvalue weighted by Crippen LogP contribution is 2.28. The summed E-state index contributed by atoms with van der Waals surface area (Å²) in [6.07, 6.45) is 0.748. The van der Waals surface area contributed by atoms with Gasteiger partial charge in [0.05, 0.1) is 12.7 Å². The van der Waals surface area contributed by atoms with E-state index < -0.39 is 5.97 Å². The van der Waals surface area contributed by atoms with Crippen LogP contribution in [0.2, 0.25) is 0 Å². The second kappa shape index (κ2) is 7.95. The number of carbonyl (C=O) groups excluding carboxylic acids is 2. The van der Waals surface area contributed by atoms with Gasteiger partial charge in [-0.25, -0.2) is 4.79 Å². The first-order valence-electron chi connectivity index (χ1n) is 6.74. The first-order valence-corrected chi connectivity index (χ1v) is 6.74. The van der Waals surface area contributed by atoms with Gasteiger partial charge in [-0.1, -0.05) is 0 Å². The highest BCUT2D eigenvalue weighted by atomic mass is 16.7. The van der Waals surface area contributed by atoms with E-state index in [2.05, 4.69) is 0 Å². The maximum absolute atomic E-state index is 11.7. The van der Waals surface area contributed by atoms with Gasteiger partial charge in [0, 0.05) is 18.7 Å². The molecule has 6 heteroatoms. The van der Waals surface area contributed by atoms with Gasteiger partial charge in [-0.05, 0) is 36.4 Å². The molecule has 0 spiro atoms. The lowest BCUT2D eigenvalue weighted by Crippen LogP contribution is -2.04. The summed E-state index contributed by atoms with van der Waals surface area (Å²) in [4.78, 5) is 22.4. The average molecular weight is 316 g/mol. The molecule has 2 aromatic carbocycles. The molecule has 0 atom stereocenters. The topological polar surface area (TPSA) is 71.1 Å². The molecule has 0 aromatic heterocycles. The van der Waals surface area contributed by atoms with Crippen LogP contribution in [0.25, 0.3) is 0 Å². The van der Waals surface area contributed by atoms with Crippen molar-refractivity contribution in [1.29, 1.82) is 0 Å². The summed E-state index contributed by atoms with van der Waals surface area (Å²) in [5.74, 6) is 0.830. The molecule has 0 N–H and O–H groups in total. The molecule has 120 valence electrons. The van der Waals surface area contributed by atoms with Gasteiger partial charge in [0.15, 0.2) is 6.79 Å². The minimum atomic E-state index is -0.506. The molecule has 0 heterocycles. The summed E-state index contributed by atoms with van der Waals surface area (Å²) in [5.41, 5.74) is 0.838. The van der Waals surface area contributed by atoms with Crippen LogP contribution < -0.4 is 9.47 Å². The summed E-state index contributed by atoms with van der Waals surface area (Å²) in [6.45, 7) is 0.0398. The molecule has 0 fully saturated rings. The highest BCUT2D eigenvalue weighted by Gasteiger charge is 2.11. The van der Waals surface area contributed by atoms with Gasteiger partial charge in [-0.15, -0.1) is 0 Å². The van der Waals surface area contributed by atoms with Crippen LogP contribution in [-0.2, 0) is 9.47 Å². The number of hydrogen-bond acceptors (Lipinski definition) is 6. The first-order chi connectivity index (χ1) is 11.2. The van der Waals surface area contributed by atoms with Crippen LogP contribution in [0.4, 0.5) is 0 Å². The summed E-state index contributed by atoms with van der Waals surface area (Å²) in [6, 6.07) is 11.3. The standard InChI is InChI=1S/C17H16O6/c1-20-11-22-15-7-13(17(19)21-2)8-16(9-15)23-14-5-3-12(10-18)4-6-14/h3-10H,11H2,1-2H3. The minimum Gasteiger partial charge on any atom is -0.467 e. The van der Waals surface area contributed by atoms with Crippen molar-refractivity contribution < 1.29 is 28.5 Å². The Hall–Kier alpha value is -2.86. The lowest BCUT2D eigenvalue weighted by molar-refractivity contribution is 0.0502. The van der Waals surface area contributed by atoms with Crippen LogP contribution in [-0.4, -0.2) is 33.3 Å². The molecule has 0 amide bonds. The van der Waals surface area contributed by atoms with Gasteiger partial charge in [0.1, 0.15) is 23.5 Å². The number of rotatable bonds is 7. The van der Waals surface area contributed by atoms with E-state index in [0.29, 0.717) is 28.4 Å². The summed E-state index contributed by atoms with van der Waals surface area (Å²) < 4.78 is 20.6. The Morgan fingerprint density at radius 2 is 1.70 bits per heavy atom. The van der Waals surface area contributed by atoms with E-state index in [1.54, 1.807) is 36.4 Å². The fourth-order valence-electron chi connectivity index (χ4n) is 1.83. The molecule has 0 aliphatic carbocycles. The zero-order valence-electron chi connectivity index (χ0n) is 12.8. The van der Waals surface area contributed by atoms with Gasteiger partial charge < -0.3 is 18.9 Å². The van der Waals surface area contributed by atoms with Crippen molar-refractivity contribution in [2.75, 3.05) is 21.0 Å². The van der Waals surface area contributed by atoms with Crippen molar-refractivity contribution in [3.8, 4) is 17.2 Å². The molecule has 0 unspecified atom stereocenters. The Kier molecular flexibility index (Phi) is 5.71. The summed E-state index contributed by atoms with van der Waals surface area (Å²) >= 11 is 0. The molecule has 0 aliphatic rings. The zero-order valence-corrected chi connectivity index (χ0v) is 12.8. The molecule has 0 radical (unpaired) electrons. The van der Waals surface area contributed by atoms with E-state index in [-0.39, 0.29) is 6.79 Å². The lowest BCUT2D eigenvalue weighted by Gasteiger charge is -2.11. The number of benzene rings is 2. The first kappa shape index (κ1) is 16.5. The van der Waals surface area contributed by atoms with Gasteiger partial charge in [0.2, 0.25) is 0 Å². The van der Waals surface area contributed by atoms with E-state index in [9.17, 15) is 9.59 Å². The van der Waals surface area contributed by atoms with E-state index in [1.165, 1.54) is 20.3 Å². The molecule has 2 rings (SSSR count). The van der Waals surface area contributed by atoms with Crippen molar-refractivity contribution in [3.05, 3.63) is 53.6 Å². The molecule has 0 saturated heterocycles. The Morgan fingerprint density at radius 1 is 1.00 bits per heavy atom. The molecular formula is C17H16O6. The van der Waals surface area contributed by atoms with E-state index in [0.717, 1.165) is 6.29 Å². The van der Waals surface area contributed by atoms with Gasteiger partial charge in [0.25, 0.3) is 0 Å². The predicted molar refractivity (Wildman–Crippen MR) is 82.2 cm³/mol. The molecule has 6 nitrogen and oxygen atoms in total. The molecule has 0 aliphatic heterocycles. The predicted octanol–water partition coefficient (Wildman–Crippen LogP) is 3.06. The molecule has 2 aromatic rings. The SMILES string of the molecule is COCOc1cc(Oc2ccc(C=O)cc2)cc(C(=O)OC)c1. The molecule has 0 saturated carbocycles. The monoisotopic (exact) mass is 316 g/mol. The van der Waals surface area contributed by atoms with Crippen molar-refractivity contribution in [2.24, 2.45) is 0 Å². The summed E-state index contributed by atoms with van der Waals surface area (Å²) in [7, 11) is 2.79. The molecule has 0 bridgehead atoms. The van der Waals surface area contributed by atoms with Crippen LogP contribution in [0, 0.1) is 0 Å². The van der Waals surface area contributed by atoms with Gasteiger partial charge >= 0.3 is 5.97 Å². The van der Waals surface area contributed by atoms with Gasteiger partial charge in [-0.2, -0.15) is 0 Å². The molecular weight excluding hydrogens is 300 g/mol. The van der Waals surface area contributed by atoms with Crippen molar-refractivity contribution in [2.45, 2.75) is 0 Å². The van der Waals surface area contributed by atoms with Crippen molar-refractivity contribution in [3.63, 3.8) is 0 Å². The van der Waals surface area contributed by atoms with E-state index >= 15 is 0 Å². The smallest absolute Gasteiger partial charge is 0.338 e. The minimum absolute atomic E-state index is 0.0398. The Morgan fingerprint density at radius 3 is 2.30 bits per heavy atom. The van der Waals surface area contributed by atoms with Gasteiger partial charge in [-0.3, -0.25) is 4.79 Å². The van der Waals surface area contributed by atoms with E-state index in [1.807, 2.05) is 0 Å². The van der Waals surface area contributed by atoms with Crippen LogP contribution in [0.5, 0.6) is 17.2 Å². The number of hydrogen-bond donors (Lipinski definition) is 0. The second-order valence-electron chi connectivity index (χ2n) is 4.52. The average Bonchev–Trinajstić information content (AvgIpc) is 2.59. The van der Waals surface area contributed by atoms with Crippen LogP contribution in [0.1, 0.15) is 20.7 Å². The van der Waals surface area contributed by atoms with Crippen molar-refractivity contribution >= 4 is 12.3 Å². The van der Waals surface area contributed by atoms with E-state index in [4.69, 9.17) is 18.9 Å². The van der Waals surface area contributed by atoms with Crippen LogP contribution in [0.3, 0.4) is 0 Å². The fourth-order valence-corrected chi connectivity index (χ4v) is 1.83. The largest absolute Gasteiger partial charge is 0.467 e. The number of ether oxygens (including phenoxy) is 4.